The number of benzene rings is 2. The standard InChI is InChI=1S/C22H30N4O3S/c1-3-5-17-6-9-19(10-7-17)30(28,29)25-18-8-11-21(26-14-12-23-13-15-26)20(16-18)22(27)24-4-2/h6-11,16,23,25H,3-5,12-15H2,1-2H3,(H,24,27). The molecule has 7 nitrogen and oxygen atoms in total. The van der Waals surface area contributed by atoms with E-state index in [1.54, 1.807) is 24.3 Å². The van der Waals surface area contributed by atoms with E-state index in [0.29, 0.717) is 17.8 Å². The molecule has 3 N–H and O–H groups in total. The van der Waals surface area contributed by atoms with Crippen LogP contribution in [0.3, 0.4) is 0 Å². The Morgan fingerprint density at radius 2 is 1.77 bits per heavy atom. The number of rotatable bonds is 8. The largest absolute Gasteiger partial charge is 0.368 e. The van der Waals surface area contributed by atoms with Crippen molar-refractivity contribution >= 4 is 27.3 Å². The summed E-state index contributed by atoms with van der Waals surface area (Å²) in [7, 11) is -3.74. The number of hydrogen-bond donors (Lipinski definition) is 3. The molecule has 0 spiro atoms. The van der Waals surface area contributed by atoms with E-state index in [1.807, 2.05) is 25.1 Å². The van der Waals surface area contributed by atoms with Gasteiger partial charge in [0.25, 0.3) is 15.9 Å². The molecule has 3 rings (SSSR count). The smallest absolute Gasteiger partial charge is 0.261 e. The summed E-state index contributed by atoms with van der Waals surface area (Å²) in [5.74, 6) is -0.212. The van der Waals surface area contributed by atoms with Crippen molar-refractivity contribution < 1.29 is 13.2 Å². The Bertz CT molecular complexity index is 968. The summed E-state index contributed by atoms with van der Waals surface area (Å²) in [6.45, 7) is 7.72. The molecule has 1 fully saturated rings. The number of hydrogen-bond acceptors (Lipinski definition) is 5. The first-order chi connectivity index (χ1) is 14.4. The van der Waals surface area contributed by atoms with Gasteiger partial charge in [0, 0.05) is 44.1 Å². The Labute approximate surface area is 178 Å². The zero-order valence-electron chi connectivity index (χ0n) is 17.6. The van der Waals surface area contributed by atoms with Crippen molar-refractivity contribution in [3.8, 4) is 0 Å². The Morgan fingerprint density at radius 3 is 2.40 bits per heavy atom. The number of anilines is 2. The summed E-state index contributed by atoms with van der Waals surface area (Å²) in [5, 5.41) is 6.12. The lowest BCUT2D eigenvalue weighted by Crippen LogP contribution is -2.44. The molecule has 1 heterocycles. The van der Waals surface area contributed by atoms with Crippen LogP contribution in [0.4, 0.5) is 11.4 Å². The lowest BCUT2D eigenvalue weighted by molar-refractivity contribution is 0.0956. The molecule has 1 aliphatic heterocycles. The molecule has 1 aliphatic rings. The van der Waals surface area contributed by atoms with E-state index in [0.717, 1.165) is 50.3 Å². The number of aryl methyl sites for hydroxylation is 1. The van der Waals surface area contributed by atoms with Gasteiger partial charge in [0.05, 0.1) is 10.5 Å². The fourth-order valence-corrected chi connectivity index (χ4v) is 4.61. The average molecular weight is 431 g/mol. The zero-order valence-corrected chi connectivity index (χ0v) is 18.4. The fourth-order valence-electron chi connectivity index (χ4n) is 3.56. The second kappa shape index (κ2) is 9.95. The van der Waals surface area contributed by atoms with Crippen LogP contribution in [0, 0.1) is 0 Å². The van der Waals surface area contributed by atoms with Gasteiger partial charge in [0.2, 0.25) is 0 Å². The average Bonchev–Trinajstić information content (AvgIpc) is 2.75. The summed E-state index contributed by atoms with van der Waals surface area (Å²) in [4.78, 5) is 15.0. The SMILES string of the molecule is CCCc1ccc(S(=O)(=O)Nc2ccc(N3CCNCC3)c(C(=O)NCC)c2)cc1. The van der Waals surface area contributed by atoms with Crippen molar-refractivity contribution in [2.75, 3.05) is 42.3 Å². The molecule has 2 aromatic rings. The number of sulfonamides is 1. The molecule has 0 radical (unpaired) electrons. The predicted molar refractivity (Wildman–Crippen MR) is 121 cm³/mol. The van der Waals surface area contributed by atoms with Gasteiger partial charge < -0.3 is 15.5 Å². The van der Waals surface area contributed by atoms with Crippen molar-refractivity contribution in [2.24, 2.45) is 0 Å². The molecule has 0 saturated carbocycles. The van der Waals surface area contributed by atoms with Gasteiger partial charge in [-0.1, -0.05) is 25.5 Å². The maximum Gasteiger partial charge on any atom is 0.261 e. The molecular formula is C22H30N4O3S. The Morgan fingerprint density at radius 1 is 1.07 bits per heavy atom. The number of carbonyl (C=O) groups is 1. The van der Waals surface area contributed by atoms with E-state index in [2.05, 4.69) is 27.2 Å². The van der Waals surface area contributed by atoms with Crippen LogP contribution in [-0.4, -0.2) is 47.0 Å². The van der Waals surface area contributed by atoms with E-state index < -0.39 is 10.0 Å². The van der Waals surface area contributed by atoms with Crippen LogP contribution in [0.1, 0.15) is 36.2 Å². The van der Waals surface area contributed by atoms with E-state index in [1.165, 1.54) is 0 Å². The lowest BCUT2D eigenvalue weighted by Gasteiger charge is -2.31. The van der Waals surface area contributed by atoms with E-state index in [4.69, 9.17) is 0 Å². The first kappa shape index (κ1) is 22.1. The number of carbonyl (C=O) groups excluding carboxylic acids is 1. The highest BCUT2D eigenvalue weighted by molar-refractivity contribution is 7.92. The third kappa shape index (κ3) is 5.31. The number of amides is 1. The highest BCUT2D eigenvalue weighted by atomic mass is 32.2. The maximum atomic E-state index is 12.8. The zero-order chi connectivity index (χ0) is 21.6. The first-order valence-electron chi connectivity index (χ1n) is 10.4. The molecule has 0 aromatic heterocycles. The summed E-state index contributed by atoms with van der Waals surface area (Å²) >= 11 is 0. The van der Waals surface area contributed by atoms with Crippen LogP contribution in [0.25, 0.3) is 0 Å². The number of nitrogens with zero attached hydrogens (tertiary/aromatic N) is 1. The van der Waals surface area contributed by atoms with Gasteiger partial charge in [0.1, 0.15) is 0 Å². The van der Waals surface area contributed by atoms with Crippen LogP contribution in [0.2, 0.25) is 0 Å². The van der Waals surface area contributed by atoms with Crippen molar-refractivity contribution in [2.45, 2.75) is 31.6 Å². The topological polar surface area (TPSA) is 90.5 Å². The fraction of sp³-hybridized carbons (Fsp3) is 0.409. The molecule has 1 saturated heterocycles. The van der Waals surface area contributed by atoms with E-state index in [9.17, 15) is 13.2 Å². The number of nitrogens with one attached hydrogen (secondary N) is 3. The first-order valence-corrected chi connectivity index (χ1v) is 11.9. The predicted octanol–water partition coefficient (Wildman–Crippen LogP) is 2.60. The third-order valence-corrected chi connectivity index (χ3v) is 6.46. The van der Waals surface area contributed by atoms with Gasteiger partial charge in [-0.2, -0.15) is 0 Å². The monoisotopic (exact) mass is 430 g/mol. The van der Waals surface area contributed by atoms with Gasteiger partial charge in [-0.15, -0.1) is 0 Å². The molecule has 162 valence electrons. The summed E-state index contributed by atoms with van der Waals surface area (Å²) < 4.78 is 28.3. The summed E-state index contributed by atoms with van der Waals surface area (Å²) in [6, 6.07) is 12.1. The second-order valence-electron chi connectivity index (χ2n) is 7.33. The Balaban J connectivity index is 1.87. The highest BCUT2D eigenvalue weighted by Crippen LogP contribution is 2.26. The molecule has 0 bridgehead atoms. The summed E-state index contributed by atoms with van der Waals surface area (Å²) in [6.07, 6.45) is 1.92. The van der Waals surface area contributed by atoms with Crippen molar-refractivity contribution in [1.29, 1.82) is 0 Å². The minimum Gasteiger partial charge on any atom is -0.368 e. The van der Waals surface area contributed by atoms with Crippen LogP contribution in [0.5, 0.6) is 0 Å². The molecule has 0 aliphatic carbocycles. The Hall–Kier alpha value is -2.58. The van der Waals surface area contributed by atoms with Gasteiger partial charge in [-0.05, 0) is 49.2 Å². The molecular weight excluding hydrogens is 400 g/mol. The van der Waals surface area contributed by atoms with Gasteiger partial charge in [0.15, 0.2) is 0 Å². The van der Waals surface area contributed by atoms with Gasteiger partial charge in [-0.25, -0.2) is 8.42 Å². The van der Waals surface area contributed by atoms with Crippen molar-refractivity contribution in [3.63, 3.8) is 0 Å². The highest BCUT2D eigenvalue weighted by Gasteiger charge is 2.21. The van der Waals surface area contributed by atoms with E-state index >= 15 is 0 Å². The molecule has 2 aromatic carbocycles. The van der Waals surface area contributed by atoms with Crippen molar-refractivity contribution in [1.82, 2.24) is 10.6 Å². The van der Waals surface area contributed by atoms with E-state index in [-0.39, 0.29) is 10.8 Å². The van der Waals surface area contributed by atoms with Gasteiger partial charge >= 0.3 is 0 Å². The maximum absolute atomic E-state index is 12.8. The summed E-state index contributed by atoms with van der Waals surface area (Å²) in [5.41, 5.74) is 2.76. The molecule has 0 atom stereocenters. The van der Waals surface area contributed by atoms with Crippen LogP contribution in [0.15, 0.2) is 47.4 Å². The minimum atomic E-state index is -3.74. The van der Waals surface area contributed by atoms with Crippen LogP contribution < -0.4 is 20.3 Å². The normalized spacial score (nSPS) is 14.4. The minimum absolute atomic E-state index is 0.202. The Kier molecular flexibility index (Phi) is 7.33. The van der Waals surface area contributed by atoms with Crippen molar-refractivity contribution in [3.05, 3.63) is 53.6 Å². The number of piperazine rings is 1. The quantitative estimate of drug-likeness (QED) is 0.599. The van der Waals surface area contributed by atoms with Gasteiger partial charge in [-0.3, -0.25) is 9.52 Å². The molecule has 0 unspecified atom stereocenters. The lowest BCUT2D eigenvalue weighted by atomic mass is 10.1. The second-order valence-corrected chi connectivity index (χ2v) is 9.01. The molecule has 30 heavy (non-hydrogen) atoms. The van der Waals surface area contributed by atoms with Crippen LogP contribution >= 0.6 is 0 Å². The van der Waals surface area contributed by atoms with Crippen LogP contribution in [-0.2, 0) is 16.4 Å². The third-order valence-electron chi connectivity index (χ3n) is 5.06. The molecule has 1 amide bonds. The molecule has 8 heteroatoms.